The first-order valence-electron chi connectivity index (χ1n) is 9.36. The van der Waals surface area contributed by atoms with Gasteiger partial charge in [-0.15, -0.1) is 0 Å². The Morgan fingerprint density at radius 1 is 1.15 bits per heavy atom. The summed E-state index contributed by atoms with van der Waals surface area (Å²) in [4.78, 5) is 28.2. The lowest BCUT2D eigenvalue weighted by atomic mass is 10.1. The molecule has 6 heteroatoms. The van der Waals surface area contributed by atoms with Gasteiger partial charge in [0, 0.05) is 36.5 Å². The molecule has 1 saturated heterocycles. The Labute approximate surface area is 153 Å². The van der Waals surface area contributed by atoms with Crippen molar-refractivity contribution >= 4 is 22.8 Å². The van der Waals surface area contributed by atoms with Gasteiger partial charge in [0.25, 0.3) is 0 Å². The van der Waals surface area contributed by atoms with Crippen LogP contribution in [-0.2, 0) is 16.0 Å². The molecular weight excluding hydrogens is 332 g/mol. The number of nitrogens with one attached hydrogen (secondary N) is 1. The molecule has 26 heavy (non-hydrogen) atoms. The molecule has 2 aromatic rings. The van der Waals surface area contributed by atoms with E-state index in [0.717, 1.165) is 23.9 Å². The lowest BCUT2D eigenvalue weighted by Gasteiger charge is -2.13. The average Bonchev–Trinajstić information content (AvgIpc) is 3.26. The van der Waals surface area contributed by atoms with E-state index in [1.165, 1.54) is 31.5 Å². The predicted octanol–water partition coefficient (Wildman–Crippen LogP) is 3.36. The molecule has 0 atom stereocenters. The Kier molecular flexibility index (Phi) is 6.28. The average molecular weight is 358 g/mol. The number of aliphatic carboxylic acids is 1. The van der Waals surface area contributed by atoms with Crippen LogP contribution in [0.25, 0.3) is 10.9 Å². The summed E-state index contributed by atoms with van der Waals surface area (Å²) in [6.45, 7) is 3.43. The first-order valence-corrected chi connectivity index (χ1v) is 9.36. The van der Waals surface area contributed by atoms with E-state index < -0.39 is 5.97 Å². The van der Waals surface area contributed by atoms with Gasteiger partial charge in [-0.3, -0.25) is 9.59 Å². The highest BCUT2D eigenvalue weighted by molar-refractivity contribution is 5.85. The SMILES string of the molecule is O=C(O)CCCCC(=O)Oc1ccc2[nH]cc(CCN3CCCC3)c2c1. The first kappa shape index (κ1) is 18.5. The van der Waals surface area contributed by atoms with Crippen molar-refractivity contribution in [2.75, 3.05) is 19.6 Å². The lowest BCUT2D eigenvalue weighted by molar-refractivity contribution is -0.138. The summed E-state index contributed by atoms with van der Waals surface area (Å²) in [6, 6.07) is 5.64. The molecule has 3 rings (SSSR count). The molecule has 0 aliphatic carbocycles. The number of rotatable bonds is 9. The topological polar surface area (TPSA) is 82.6 Å². The molecule has 0 amide bonds. The normalized spacial score (nSPS) is 14.8. The number of unbranched alkanes of at least 4 members (excludes halogenated alkanes) is 1. The van der Waals surface area contributed by atoms with Gasteiger partial charge >= 0.3 is 11.9 Å². The molecule has 6 nitrogen and oxygen atoms in total. The van der Waals surface area contributed by atoms with Gasteiger partial charge < -0.3 is 19.7 Å². The molecule has 140 valence electrons. The number of carbonyl (C=O) groups excluding carboxylic acids is 1. The maximum Gasteiger partial charge on any atom is 0.311 e. The number of H-pyrrole nitrogens is 1. The molecule has 1 fully saturated rings. The van der Waals surface area contributed by atoms with E-state index in [4.69, 9.17) is 9.84 Å². The van der Waals surface area contributed by atoms with Crippen molar-refractivity contribution in [2.45, 2.75) is 44.9 Å². The zero-order chi connectivity index (χ0) is 18.4. The van der Waals surface area contributed by atoms with Crippen LogP contribution in [0.15, 0.2) is 24.4 Å². The van der Waals surface area contributed by atoms with Crippen molar-refractivity contribution < 1.29 is 19.4 Å². The number of carboxylic acid groups (broad SMARTS) is 1. The molecule has 1 aliphatic heterocycles. The highest BCUT2D eigenvalue weighted by Crippen LogP contribution is 2.25. The molecule has 0 spiro atoms. The number of esters is 1. The van der Waals surface area contributed by atoms with Gasteiger partial charge in [0.05, 0.1) is 0 Å². The van der Waals surface area contributed by atoms with Crippen LogP contribution in [0.3, 0.4) is 0 Å². The van der Waals surface area contributed by atoms with Crippen LogP contribution < -0.4 is 4.74 Å². The quantitative estimate of drug-likeness (QED) is 0.408. The summed E-state index contributed by atoms with van der Waals surface area (Å²) in [5, 5.41) is 9.71. The van der Waals surface area contributed by atoms with E-state index in [9.17, 15) is 9.59 Å². The predicted molar refractivity (Wildman–Crippen MR) is 99.4 cm³/mol. The fourth-order valence-corrected chi connectivity index (χ4v) is 3.44. The standard InChI is InChI=1S/C20H26N2O4/c23-19(24)5-1-2-6-20(25)26-16-7-8-18-17(13-16)15(14-21-18)9-12-22-10-3-4-11-22/h7-8,13-14,21H,1-6,9-12H2,(H,23,24). The van der Waals surface area contributed by atoms with Crippen LogP contribution in [0, 0.1) is 0 Å². The number of likely N-dealkylation sites (tertiary alicyclic amines) is 1. The van der Waals surface area contributed by atoms with Crippen molar-refractivity contribution in [3.8, 4) is 5.75 Å². The van der Waals surface area contributed by atoms with Crippen LogP contribution in [0.2, 0.25) is 0 Å². The van der Waals surface area contributed by atoms with Crippen LogP contribution in [0.1, 0.15) is 44.1 Å². The van der Waals surface area contributed by atoms with Gasteiger partial charge in [-0.1, -0.05) is 0 Å². The third kappa shape index (κ3) is 5.08. The smallest absolute Gasteiger partial charge is 0.311 e. The molecule has 1 aromatic heterocycles. The van der Waals surface area contributed by atoms with Crippen LogP contribution in [0.4, 0.5) is 0 Å². The highest BCUT2D eigenvalue weighted by atomic mass is 16.5. The fourth-order valence-electron chi connectivity index (χ4n) is 3.44. The number of aromatic nitrogens is 1. The van der Waals surface area contributed by atoms with Crippen molar-refractivity contribution in [3.63, 3.8) is 0 Å². The van der Waals surface area contributed by atoms with Gasteiger partial charge in [0.15, 0.2) is 0 Å². The van der Waals surface area contributed by atoms with E-state index in [1.54, 1.807) is 6.07 Å². The summed E-state index contributed by atoms with van der Waals surface area (Å²) >= 11 is 0. The minimum absolute atomic E-state index is 0.0863. The highest BCUT2D eigenvalue weighted by Gasteiger charge is 2.13. The second-order valence-electron chi connectivity index (χ2n) is 6.89. The Bertz CT molecular complexity index is 762. The van der Waals surface area contributed by atoms with Crippen molar-refractivity contribution in [3.05, 3.63) is 30.0 Å². The zero-order valence-electron chi connectivity index (χ0n) is 15.0. The molecule has 0 radical (unpaired) electrons. The number of ether oxygens (including phenoxy) is 1. The molecule has 2 N–H and O–H groups in total. The molecule has 2 heterocycles. The fraction of sp³-hybridized carbons (Fsp3) is 0.500. The maximum atomic E-state index is 11.9. The van der Waals surface area contributed by atoms with Crippen LogP contribution in [-0.4, -0.2) is 46.6 Å². The largest absolute Gasteiger partial charge is 0.481 e. The number of hydrogen-bond donors (Lipinski definition) is 2. The minimum atomic E-state index is -0.835. The maximum absolute atomic E-state index is 11.9. The number of nitrogens with zero attached hydrogens (tertiary/aromatic N) is 1. The van der Waals surface area contributed by atoms with Gasteiger partial charge in [-0.05, 0) is 69.0 Å². The number of hydrogen-bond acceptors (Lipinski definition) is 4. The molecule has 0 unspecified atom stereocenters. The summed E-state index contributed by atoms with van der Waals surface area (Å²) in [5.41, 5.74) is 2.29. The Morgan fingerprint density at radius 2 is 1.92 bits per heavy atom. The lowest BCUT2D eigenvalue weighted by Crippen LogP contribution is -2.21. The van der Waals surface area contributed by atoms with E-state index >= 15 is 0 Å². The molecule has 1 aliphatic rings. The van der Waals surface area contributed by atoms with Crippen LogP contribution in [0.5, 0.6) is 5.75 Å². The Hall–Kier alpha value is -2.34. The van der Waals surface area contributed by atoms with E-state index in [0.29, 0.717) is 18.6 Å². The molecule has 1 aromatic carbocycles. The van der Waals surface area contributed by atoms with Crippen molar-refractivity contribution in [1.29, 1.82) is 0 Å². The van der Waals surface area contributed by atoms with Gasteiger partial charge in [-0.2, -0.15) is 0 Å². The first-order chi connectivity index (χ1) is 12.6. The number of carbonyl (C=O) groups is 2. The Balaban J connectivity index is 1.56. The summed E-state index contributed by atoms with van der Waals surface area (Å²) in [7, 11) is 0. The van der Waals surface area contributed by atoms with Crippen LogP contribution >= 0.6 is 0 Å². The van der Waals surface area contributed by atoms with Gasteiger partial charge in [-0.25, -0.2) is 0 Å². The number of aromatic amines is 1. The van der Waals surface area contributed by atoms with Gasteiger partial charge in [0.1, 0.15) is 5.75 Å². The number of carboxylic acids is 1. The molecule has 0 saturated carbocycles. The summed E-state index contributed by atoms with van der Waals surface area (Å²) < 4.78 is 5.42. The summed E-state index contributed by atoms with van der Waals surface area (Å²) in [6.07, 6.45) is 6.94. The molecule has 0 bridgehead atoms. The number of fused-ring (bicyclic) bond motifs is 1. The van der Waals surface area contributed by atoms with E-state index in [2.05, 4.69) is 9.88 Å². The second-order valence-corrected chi connectivity index (χ2v) is 6.89. The Morgan fingerprint density at radius 3 is 2.69 bits per heavy atom. The summed E-state index contributed by atoms with van der Waals surface area (Å²) in [5.74, 6) is -0.607. The molecular formula is C20H26N2O4. The third-order valence-corrected chi connectivity index (χ3v) is 4.89. The third-order valence-electron chi connectivity index (χ3n) is 4.89. The number of benzene rings is 1. The van der Waals surface area contributed by atoms with E-state index in [-0.39, 0.29) is 18.8 Å². The van der Waals surface area contributed by atoms with Crippen molar-refractivity contribution in [1.82, 2.24) is 9.88 Å². The van der Waals surface area contributed by atoms with E-state index in [1.807, 2.05) is 18.3 Å². The monoisotopic (exact) mass is 358 g/mol. The second kappa shape index (κ2) is 8.85. The van der Waals surface area contributed by atoms with Crippen molar-refractivity contribution in [2.24, 2.45) is 0 Å². The zero-order valence-corrected chi connectivity index (χ0v) is 15.0. The minimum Gasteiger partial charge on any atom is -0.481 e. The van der Waals surface area contributed by atoms with Gasteiger partial charge in [0.2, 0.25) is 0 Å².